The summed E-state index contributed by atoms with van der Waals surface area (Å²) in [5.41, 5.74) is 3.35. The van der Waals surface area contributed by atoms with Gasteiger partial charge in [0.1, 0.15) is 0 Å². The van der Waals surface area contributed by atoms with Crippen LogP contribution in [0.4, 0.5) is 0 Å². The number of carbonyl (C=O) groups excluding carboxylic acids is 1. The fraction of sp³-hybridized carbons (Fsp3) is 0.381. The lowest BCUT2D eigenvalue weighted by molar-refractivity contribution is 0.0842. The number of hydrogen-bond acceptors (Lipinski definition) is 3. The first kappa shape index (κ1) is 19.2. The highest BCUT2D eigenvalue weighted by molar-refractivity contribution is 5.94. The van der Waals surface area contributed by atoms with Crippen LogP contribution in [0.1, 0.15) is 35.3 Å². The second-order valence-corrected chi connectivity index (χ2v) is 5.98. The summed E-state index contributed by atoms with van der Waals surface area (Å²) in [4.78, 5) is 14.2. The molecule has 4 nitrogen and oxygen atoms in total. The zero-order valence-electron chi connectivity index (χ0n) is 15.1. The number of nitrogens with zero attached hydrogens (tertiary/aromatic N) is 1. The lowest BCUT2D eigenvalue weighted by atomic mass is 10.00. The van der Waals surface area contributed by atoms with E-state index in [2.05, 4.69) is 34.5 Å². The van der Waals surface area contributed by atoms with E-state index in [0.29, 0.717) is 12.1 Å². The van der Waals surface area contributed by atoms with Crippen molar-refractivity contribution in [3.8, 4) is 0 Å². The molecule has 134 valence electrons. The molecule has 4 heteroatoms. The second-order valence-electron chi connectivity index (χ2n) is 5.98. The molecule has 1 aliphatic heterocycles. The summed E-state index contributed by atoms with van der Waals surface area (Å²) in [6, 6.07) is 17.5. The van der Waals surface area contributed by atoms with E-state index in [4.69, 9.17) is 0 Å². The van der Waals surface area contributed by atoms with Gasteiger partial charge in [-0.25, -0.2) is 0 Å². The molecule has 0 bridgehead atoms. The summed E-state index contributed by atoms with van der Waals surface area (Å²) in [5.74, 6) is -0.145. The summed E-state index contributed by atoms with van der Waals surface area (Å²) < 4.78 is 0. The molecule has 1 atom stereocenters. The van der Waals surface area contributed by atoms with Crippen LogP contribution < -0.4 is 5.32 Å². The van der Waals surface area contributed by atoms with Crippen molar-refractivity contribution in [2.24, 2.45) is 0 Å². The molecule has 0 aromatic heterocycles. The van der Waals surface area contributed by atoms with Crippen LogP contribution in [0.3, 0.4) is 0 Å². The highest BCUT2D eigenvalue weighted by Gasteiger charge is 2.18. The minimum Gasteiger partial charge on any atom is -0.390 e. The number of rotatable bonds is 5. The third-order valence-electron chi connectivity index (χ3n) is 4.21. The molecule has 1 amide bonds. The van der Waals surface area contributed by atoms with Crippen LogP contribution in [0.25, 0.3) is 0 Å². The van der Waals surface area contributed by atoms with Gasteiger partial charge in [-0.2, -0.15) is 0 Å². The Morgan fingerprint density at radius 2 is 1.72 bits per heavy atom. The molecule has 2 aromatic carbocycles. The molecular weight excluding hydrogens is 312 g/mol. The number of fused-ring (bicyclic) bond motifs is 1. The first-order valence-electron chi connectivity index (χ1n) is 9.03. The van der Waals surface area contributed by atoms with E-state index in [9.17, 15) is 9.90 Å². The minimum atomic E-state index is -0.562. The lowest BCUT2D eigenvalue weighted by Crippen LogP contribution is -2.42. The van der Waals surface area contributed by atoms with E-state index in [-0.39, 0.29) is 12.5 Å². The molecule has 25 heavy (non-hydrogen) atoms. The number of hydrogen-bond donors (Lipinski definition) is 2. The third-order valence-corrected chi connectivity index (χ3v) is 4.21. The number of aliphatic hydroxyl groups excluding tert-OH is 1. The zero-order valence-corrected chi connectivity index (χ0v) is 15.1. The second kappa shape index (κ2) is 9.97. The Hall–Kier alpha value is -2.17. The zero-order chi connectivity index (χ0) is 18.1. The fourth-order valence-corrected chi connectivity index (χ4v) is 2.97. The lowest BCUT2D eigenvalue weighted by Gasteiger charge is -2.30. The summed E-state index contributed by atoms with van der Waals surface area (Å²) in [5, 5.41) is 13.0. The standard InChI is InChI=1S/C19H22N2O2.C2H6/c22-18(12-20-19(23)16-7-2-1-3-8-16)14-21-11-10-15-6-4-5-9-17(15)13-21;1-2/h1-9,18,22H,10-14H2,(H,20,23);1-2H3. The van der Waals surface area contributed by atoms with Gasteiger partial charge in [-0.15, -0.1) is 0 Å². The van der Waals surface area contributed by atoms with Crippen molar-refractivity contribution >= 4 is 5.91 Å². The van der Waals surface area contributed by atoms with Gasteiger partial charge in [0.05, 0.1) is 6.10 Å². The fourth-order valence-electron chi connectivity index (χ4n) is 2.97. The van der Waals surface area contributed by atoms with Gasteiger partial charge < -0.3 is 10.4 Å². The smallest absolute Gasteiger partial charge is 0.251 e. The van der Waals surface area contributed by atoms with E-state index >= 15 is 0 Å². The normalized spacial score (nSPS) is 14.7. The van der Waals surface area contributed by atoms with Gasteiger partial charge in [0, 0.05) is 31.7 Å². The predicted octanol–water partition coefficient (Wildman–Crippen LogP) is 2.86. The van der Waals surface area contributed by atoms with Crippen LogP contribution >= 0.6 is 0 Å². The van der Waals surface area contributed by atoms with Crippen LogP contribution in [0.15, 0.2) is 54.6 Å². The molecule has 0 spiro atoms. The van der Waals surface area contributed by atoms with Crippen molar-refractivity contribution in [1.29, 1.82) is 0 Å². The van der Waals surface area contributed by atoms with Crippen molar-refractivity contribution in [3.63, 3.8) is 0 Å². The summed E-state index contributed by atoms with van der Waals surface area (Å²) in [6.07, 6.45) is 0.451. The van der Waals surface area contributed by atoms with Crippen molar-refractivity contribution in [2.45, 2.75) is 32.9 Å². The van der Waals surface area contributed by atoms with E-state index in [1.165, 1.54) is 11.1 Å². The average Bonchev–Trinajstić information content (AvgIpc) is 2.68. The molecule has 3 rings (SSSR count). The van der Waals surface area contributed by atoms with Crippen LogP contribution in [0.5, 0.6) is 0 Å². The van der Waals surface area contributed by atoms with Crippen LogP contribution in [0, 0.1) is 0 Å². The van der Waals surface area contributed by atoms with Gasteiger partial charge in [-0.3, -0.25) is 9.69 Å². The third kappa shape index (κ3) is 5.69. The Morgan fingerprint density at radius 1 is 1.08 bits per heavy atom. The quantitative estimate of drug-likeness (QED) is 0.880. The summed E-state index contributed by atoms with van der Waals surface area (Å²) in [7, 11) is 0. The molecule has 0 fully saturated rings. The molecule has 2 aromatic rings. The topological polar surface area (TPSA) is 52.6 Å². The highest BCUT2D eigenvalue weighted by atomic mass is 16.3. The van der Waals surface area contributed by atoms with Crippen molar-refractivity contribution < 1.29 is 9.90 Å². The Bertz CT molecular complexity index is 658. The molecule has 2 N–H and O–H groups in total. The first-order valence-corrected chi connectivity index (χ1v) is 9.03. The molecular formula is C21H28N2O2. The Labute approximate surface area is 150 Å². The van der Waals surface area contributed by atoms with Crippen LogP contribution in [-0.4, -0.2) is 41.7 Å². The van der Waals surface area contributed by atoms with Gasteiger partial charge in [-0.05, 0) is 29.7 Å². The van der Waals surface area contributed by atoms with Gasteiger partial charge in [0.15, 0.2) is 0 Å². The molecule has 0 aliphatic carbocycles. The largest absolute Gasteiger partial charge is 0.390 e. The molecule has 0 saturated carbocycles. The number of amides is 1. The number of carbonyl (C=O) groups is 1. The first-order chi connectivity index (χ1) is 12.2. The van der Waals surface area contributed by atoms with Crippen LogP contribution in [-0.2, 0) is 13.0 Å². The molecule has 1 unspecified atom stereocenters. The van der Waals surface area contributed by atoms with Crippen molar-refractivity contribution in [2.75, 3.05) is 19.6 Å². The van der Waals surface area contributed by atoms with Gasteiger partial charge in [-0.1, -0.05) is 56.3 Å². The number of aliphatic hydroxyl groups is 1. The van der Waals surface area contributed by atoms with E-state index < -0.39 is 6.10 Å². The SMILES string of the molecule is CC.O=C(NCC(O)CN1CCc2ccccc2C1)c1ccccc1. The number of β-amino-alcohol motifs (C(OH)–C–C–N with tert-alkyl or cyclic N) is 1. The Kier molecular flexibility index (Phi) is 7.64. The Balaban J connectivity index is 0.00000109. The molecule has 1 heterocycles. The van der Waals surface area contributed by atoms with Gasteiger partial charge in [0.25, 0.3) is 5.91 Å². The van der Waals surface area contributed by atoms with Gasteiger partial charge >= 0.3 is 0 Å². The molecule has 1 aliphatic rings. The maximum Gasteiger partial charge on any atom is 0.251 e. The van der Waals surface area contributed by atoms with Gasteiger partial charge in [0.2, 0.25) is 0 Å². The average molecular weight is 340 g/mol. The summed E-state index contributed by atoms with van der Waals surface area (Å²) in [6.45, 7) is 6.65. The highest BCUT2D eigenvalue weighted by Crippen LogP contribution is 2.18. The predicted molar refractivity (Wildman–Crippen MR) is 102 cm³/mol. The van der Waals surface area contributed by atoms with E-state index in [1.807, 2.05) is 32.0 Å². The van der Waals surface area contributed by atoms with E-state index in [1.54, 1.807) is 12.1 Å². The molecule has 0 radical (unpaired) electrons. The number of nitrogens with one attached hydrogen (secondary N) is 1. The van der Waals surface area contributed by atoms with E-state index in [0.717, 1.165) is 19.5 Å². The number of benzene rings is 2. The van der Waals surface area contributed by atoms with Crippen molar-refractivity contribution in [1.82, 2.24) is 10.2 Å². The monoisotopic (exact) mass is 340 g/mol. The maximum atomic E-state index is 12.0. The Morgan fingerprint density at radius 3 is 2.44 bits per heavy atom. The summed E-state index contributed by atoms with van der Waals surface area (Å²) >= 11 is 0. The minimum absolute atomic E-state index is 0.145. The van der Waals surface area contributed by atoms with Crippen LogP contribution in [0.2, 0.25) is 0 Å². The van der Waals surface area contributed by atoms with Crippen molar-refractivity contribution in [3.05, 3.63) is 71.3 Å². The maximum absolute atomic E-state index is 12.0. The molecule has 0 saturated heterocycles.